The molecule has 0 saturated carbocycles. The monoisotopic (exact) mass is 511 g/mol. The molecule has 3 rings (SSSR count). The van der Waals surface area contributed by atoms with Crippen LogP contribution in [0.2, 0.25) is 10.0 Å². The Kier molecular flexibility index (Phi) is 8.04. The van der Waals surface area contributed by atoms with E-state index in [0.717, 1.165) is 6.07 Å². The molecule has 11 heteroatoms. The molecule has 0 aromatic heterocycles. The Morgan fingerprint density at radius 3 is 2.40 bits per heavy atom. The van der Waals surface area contributed by atoms with Crippen LogP contribution in [0.4, 0.5) is 11.4 Å². The maximum atomic E-state index is 12.6. The number of anilines is 1. The summed E-state index contributed by atoms with van der Waals surface area (Å²) in [7, 11) is 1.37. The lowest BCUT2D eigenvalue weighted by Crippen LogP contribution is -2.14. The number of nitrogens with one attached hydrogen (secondary N) is 1. The minimum Gasteiger partial charge on any atom is -0.493 e. The first kappa shape index (κ1) is 25.2. The second kappa shape index (κ2) is 11.2. The van der Waals surface area contributed by atoms with Gasteiger partial charge < -0.3 is 14.8 Å². The van der Waals surface area contributed by atoms with Crippen molar-refractivity contribution >= 4 is 52.5 Å². The third kappa shape index (κ3) is 6.35. The minimum atomic E-state index is -0.827. The Hall–Kier alpha value is -4.39. The van der Waals surface area contributed by atoms with Crippen LogP contribution in [-0.4, -0.2) is 23.9 Å². The average Bonchev–Trinajstić information content (AvgIpc) is 2.84. The summed E-state index contributed by atoms with van der Waals surface area (Å²) < 4.78 is 10.6. The van der Waals surface area contributed by atoms with Gasteiger partial charge in [-0.1, -0.05) is 29.3 Å². The molecule has 0 radical (unpaired) electrons. The SMILES string of the molecule is COc1cc(/C=C(\C#N)C(=O)Nc2cc([N+](=O)[O-])ccc2Cl)ccc1OC(=O)c1ccc(Cl)cc1. The zero-order valence-electron chi connectivity index (χ0n) is 18.0. The van der Waals surface area contributed by atoms with E-state index in [1.165, 1.54) is 55.7 Å². The summed E-state index contributed by atoms with van der Waals surface area (Å²) in [5, 5.41) is 23.4. The van der Waals surface area contributed by atoms with Crippen molar-refractivity contribution in [2.24, 2.45) is 0 Å². The van der Waals surface area contributed by atoms with Gasteiger partial charge in [-0.3, -0.25) is 14.9 Å². The van der Waals surface area contributed by atoms with Crippen LogP contribution in [0.25, 0.3) is 6.08 Å². The van der Waals surface area contributed by atoms with E-state index in [4.69, 9.17) is 32.7 Å². The van der Waals surface area contributed by atoms with E-state index >= 15 is 0 Å². The highest BCUT2D eigenvalue weighted by Gasteiger charge is 2.17. The average molecular weight is 512 g/mol. The summed E-state index contributed by atoms with van der Waals surface area (Å²) in [5.41, 5.74) is 0.0731. The first-order valence-electron chi connectivity index (χ1n) is 9.74. The van der Waals surface area contributed by atoms with Gasteiger partial charge >= 0.3 is 5.97 Å². The van der Waals surface area contributed by atoms with Crippen molar-refractivity contribution in [3.05, 3.63) is 97.5 Å². The molecule has 0 atom stereocenters. The number of hydrogen-bond acceptors (Lipinski definition) is 7. The molecule has 1 amide bonds. The van der Waals surface area contributed by atoms with E-state index in [0.29, 0.717) is 10.6 Å². The van der Waals surface area contributed by atoms with Gasteiger partial charge in [0.1, 0.15) is 11.6 Å². The number of hydrogen-bond donors (Lipinski definition) is 1. The van der Waals surface area contributed by atoms with Gasteiger partial charge in [0.25, 0.3) is 11.6 Å². The Morgan fingerprint density at radius 1 is 1.06 bits per heavy atom. The highest BCUT2D eigenvalue weighted by Crippen LogP contribution is 2.30. The van der Waals surface area contributed by atoms with E-state index in [-0.39, 0.29) is 39.0 Å². The van der Waals surface area contributed by atoms with Crippen LogP contribution >= 0.6 is 23.2 Å². The summed E-state index contributed by atoms with van der Waals surface area (Å²) in [4.78, 5) is 35.3. The third-order valence-corrected chi connectivity index (χ3v) is 5.14. The number of nitriles is 1. The maximum Gasteiger partial charge on any atom is 0.343 e. The minimum absolute atomic E-state index is 0.0194. The van der Waals surface area contributed by atoms with Crippen LogP contribution in [0, 0.1) is 21.4 Å². The van der Waals surface area contributed by atoms with Gasteiger partial charge in [-0.05, 0) is 54.1 Å². The number of esters is 1. The largest absolute Gasteiger partial charge is 0.493 e. The molecule has 0 spiro atoms. The molecule has 1 N–H and O–H groups in total. The first-order valence-corrected chi connectivity index (χ1v) is 10.5. The lowest BCUT2D eigenvalue weighted by molar-refractivity contribution is -0.384. The predicted molar refractivity (Wildman–Crippen MR) is 130 cm³/mol. The molecular weight excluding hydrogens is 497 g/mol. The number of carbonyl (C=O) groups excluding carboxylic acids is 2. The van der Waals surface area contributed by atoms with Gasteiger partial charge in [0.05, 0.1) is 28.3 Å². The maximum absolute atomic E-state index is 12.6. The van der Waals surface area contributed by atoms with Gasteiger partial charge in [-0.2, -0.15) is 5.26 Å². The summed E-state index contributed by atoms with van der Waals surface area (Å²) in [5.74, 6) is -1.15. The van der Waals surface area contributed by atoms with Crippen LogP contribution in [0.3, 0.4) is 0 Å². The Bertz CT molecular complexity index is 1380. The van der Waals surface area contributed by atoms with Crippen LogP contribution in [-0.2, 0) is 4.79 Å². The number of ether oxygens (including phenoxy) is 2. The molecule has 0 unspecified atom stereocenters. The molecular formula is C24H15Cl2N3O6. The Labute approximate surface area is 209 Å². The van der Waals surface area contributed by atoms with E-state index < -0.39 is 16.8 Å². The summed E-state index contributed by atoms with van der Waals surface area (Å²) in [6, 6.07) is 15.9. The topological polar surface area (TPSA) is 132 Å². The number of amides is 1. The van der Waals surface area contributed by atoms with E-state index in [9.17, 15) is 25.0 Å². The first-order chi connectivity index (χ1) is 16.7. The molecule has 0 heterocycles. The number of methoxy groups -OCH3 is 1. The van der Waals surface area contributed by atoms with Crippen molar-refractivity contribution in [2.45, 2.75) is 0 Å². The lowest BCUT2D eigenvalue weighted by Gasteiger charge is -2.10. The molecule has 176 valence electrons. The van der Waals surface area contributed by atoms with Crippen molar-refractivity contribution in [1.82, 2.24) is 0 Å². The standard InChI is InChI=1S/C24H15Cl2N3O6/c1-34-22-11-14(2-9-21(22)35-24(31)15-3-5-17(25)6-4-15)10-16(13-27)23(30)28-20-12-18(29(32)33)7-8-19(20)26/h2-12H,1H3,(H,28,30)/b16-10+. The summed E-state index contributed by atoms with van der Waals surface area (Å²) in [6.45, 7) is 0. The van der Waals surface area contributed by atoms with Crippen molar-refractivity contribution < 1.29 is 24.0 Å². The van der Waals surface area contributed by atoms with Crippen LogP contribution in [0.1, 0.15) is 15.9 Å². The number of carbonyl (C=O) groups is 2. The normalized spacial score (nSPS) is 10.7. The van der Waals surface area contributed by atoms with Crippen molar-refractivity contribution in [1.29, 1.82) is 5.26 Å². The molecule has 0 aliphatic rings. The highest BCUT2D eigenvalue weighted by molar-refractivity contribution is 6.34. The van der Waals surface area contributed by atoms with Crippen molar-refractivity contribution in [3.63, 3.8) is 0 Å². The Morgan fingerprint density at radius 2 is 1.77 bits per heavy atom. The van der Waals surface area contributed by atoms with Crippen LogP contribution in [0.15, 0.2) is 66.2 Å². The molecule has 0 fully saturated rings. The second-order valence-electron chi connectivity index (χ2n) is 6.85. The molecule has 0 saturated heterocycles. The molecule has 3 aromatic rings. The number of non-ortho nitro benzene ring substituents is 1. The molecule has 3 aromatic carbocycles. The molecule has 35 heavy (non-hydrogen) atoms. The van der Waals surface area contributed by atoms with E-state index in [2.05, 4.69) is 5.32 Å². The summed E-state index contributed by atoms with van der Waals surface area (Å²) in [6.07, 6.45) is 1.27. The fraction of sp³-hybridized carbons (Fsp3) is 0.0417. The number of nitro benzene ring substituents is 1. The van der Waals surface area contributed by atoms with Crippen LogP contribution < -0.4 is 14.8 Å². The third-order valence-electron chi connectivity index (χ3n) is 4.56. The molecule has 0 aliphatic heterocycles. The number of rotatable bonds is 7. The van der Waals surface area contributed by atoms with Crippen LogP contribution in [0.5, 0.6) is 11.5 Å². The van der Waals surface area contributed by atoms with E-state index in [1.54, 1.807) is 18.2 Å². The smallest absolute Gasteiger partial charge is 0.343 e. The van der Waals surface area contributed by atoms with Gasteiger partial charge in [0.2, 0.25) is 0 Å². The number of halogens is 2. The zero-order valence-corrected chi connectivity index (χ0v) is 19.5. The summed E-state index contributed by atoms with van der Waals surface area (Å²) >= 11 is 11.8. The second-order valence-corrected chi connectivity index (χ2v) is 7.70. The van der Waals surface area contributed by atoms with Gasteiger partial charge in [-0.25, -0.2) is 4.79 Å². The lowest BCUT2D eigenvalue weighted by atomic mass is 10.1. The number of nitrogens with zero attached hydrogens (tertiary/aromatic N) is 2. The predicted octanol–water partition coefficient (Wildman–Crippen LogP) is 5.68. The zero-order chi connectivity index (χ0) is 25.5. The molecule has 9 nitrogen and oxygen atoms in total. The van der Waals surface area contributed by atoms with Gasteiger partial charge in [-0.15, -0.1) is 0 Å². The van der Waals surface area contributed by atoms with Crippen molar-refractivity contribution in [2.75, 3.05) is 12.4 Å². The quantitative estimate of drug-likeness (QED) is 0.108. The fourth-order valence-electron chi connectivity index (χ4n) is 2.83. The van der Waals surface area contributed by atoms with E-state index in [1.807, 2.05) is 0 Å². The highest BCUT2D eigenvalue weighted by atomic mass is 35.5. The molecule has 0 bridgehead atoms. The Balaban J connectivity index is 1.82. The fourth-order valence-corrected chi connectivity index (χ4v) is 3.12. The molecule has 0 aliphatic carbocycles. The number of benzene rings is 3. The van der Waals surface area contributed by atoms with Gasteiger partial charge in [0.15, 0.2) is 11.5 Å². The number of nitro groups is 1. The van der Waals surface area contributed by atoms with Crippen molar-refractivity contribution in [3.8, 4) is 17.6 Å². The van der Waals surface area contributed by atoms with Gasteiger partial charge in [0, 0.05) is 17.2 Å².